The molecule has 0 aliphatic heterocycles. The van der Waals surface area contributed by atoms with Crippen LogP contribution >= 0.6 is 0 Å². The number of nitrogens with one attached hydrogen (secondary N) is 1. The second-order valence-electron chi connectivity index (χ2n) is 4.13. The first-order chi connectivity index (χ1) is 9.60. The van der Waals surface area contributed by atoms with Crippen LogP contribution in [0.2, 0.25) is 0 Å². The first-order valence-electron chi connectivity index (χ1n) is 5.97. The van der Waals surface area contributed by atoms with Crippen LogP contribution in [0.1, 0.15) is 10.5 Å². The first-order valence-corrected chi connectivity index (χ1v) is 5.97. The summed E-state index contributed by atoms with van der Waals surface area (Å²) >= 11 is 0. The Kier molecular flexibility index (Phi) is 4.26. The summed E-state index contributed by atoms with van der Waals surface area (Å²) in [6, 6.07) is 2.69. The van der Waals surface area contributed by atoms with E-state index in [2.05, 4.69) is 15.5 Å². The van der Waals surface area contributed by atoms with Crippen molar-refractivity contribution in [2.75, 3.05) is 19.0 Å². The van der Waals surface area contributed by atoms with Gasteiger partial charge in [-0.05, 0) is 6.07 Å². The average molecular weight is 277 g/mol. The summed E-state index contributed by atoms with van der Waals surface area (Å²) in [4.78, 5) is 23.6. The lowest BCUT2D eigenvalue weighted by atomic mass is 10.3. The van der Waals surface area contributed by atoms with Gasteiger partial charge in [0.25, 0.3) is 11.5 Å². The van der Waals surface area contributed by atoms with Crippen molar-refractivity contribution in [1.29, 1.82) is 0 Å². The van der Waals surface area contributed by atoms with Crippen molar-refractivity contribution in [3.63, 3.8) is 0 Å². The van der Waals surface area contributed by atoms with Crippen LogP contribution in [0.25, 0.3) is 0 Å². The van der Waals surface area contributed by atoms with Gasteiger partial charge in [-0.3, -0.25) is 14.3 Å². The predicted molar refractivity (Wildman–Crippen MR) is 71.5 cm³/mol. The molecule has 0 unspecified atom stereocenters. The van der Waals surface area contributed by atoms with E-state index in [4.69, 9.17) is 4.74 Å². The van der Waals surface area contributed by atoms with Crippen LogP contribution in [-0.2, 0) is 18.3 Å². The van der Waals surface area contributed by atoms with Gasteiger partial charge in [0, 0.05) is 26.4 Å². The largest absolute Gasteiger partial charge is 0.383 e. The molecule has 0 atom stereocenters. The molecule has 0 aromatic carbocycles. The van der Waals surface area contributed by atoms with Crippen LogP contribution in [0.15, 0.2) is 29.3 Å². The molecular formula is C12H15N5O3. The van der Waals surface area contributed by atoms with Crippen LogP contribution in [0.3, 0.4) is 0 Å². The lowest BCUT2D eigenvalue weighted by Gasteiger charge is -2.06. The minimum atomic E-state index is -0.399. The molecule has 8 heteroatoms. The molecule has 2 rings (SSSR count). The molecule has 0 fully saturated rings. The fourth-order valence-electron chi connectivity index (χ4n) is 1.59. The Hall–Kier alpha value is -2.48. The molecule has 0 saturated heterocycles. The minimum absolute atomic E-state index is 0.157. The number of aryl methyl sites for hydroxylation is 1. The smallest absolute Gasteiger partial charge is 0.276 e. The van der Waals surface area contributed by atoms with E-state index in [-0.39, 0.29) is 11.3 Å². The molecule has 0 radical (unpaired) electrons. The van der Waals surface area contributed by atoms with Gasteiger partial charge in [0.05, 0.1) is 25.0 Å². The van der Waals surface area contributed by atoms with Crippen molar-refractivity contribution in [3.8, 4) is 0 Å². The van der Waals surface area contributed by atoms with Crippen molar-refractivity contribution in [1.82, 2.24) is 19.6 Å². The third-order valence-corrected chi connectivity index (χ3v) is 2.57. The van der Waals surface area contributed by atoms with Crippen molar-refractivity contribution in [2.24, 2.45) is 7.05 Å². The highest BCUT2D eigenvalue weighted by atomic mass is 16.5. The molecule has 0 spiro atoms. The highest BCUT2D eigenvalue weighted by molar-refractivity contribution is 6.02. The molecule has 2 aromatic rings. The summed E-state index contributed by atoms with van der Waals surface area (Å²) in [5, 5.41) is 10.6. The number of nitrogens with zero attached hydrogens (tertiary/aromatic N) is 4. The summed E-state index contributed by atoms with van der Waals surface area (Å²) in [6.07, 6.45) is 3.19. The molecule has 106 valence electrons. The monoisotopic (exact) mass is 277 g/mol. The maximum Gasteiger partial charge on any atom is 0.276 e. The number of carbonyl (C=O) groups is 1. The fraction of sp³-hybridized carbons (Fsp3) is 0.333. The minimum Gasteiger partial charge on any atom is -0.383 e. The number of hydrogen-bond acceptors (Lipinski definition) is 5. The van der Waals surface area contributed by atoms with Gasteiger partial charge in [0.1, 0.15) is 5.69 Å². The lowest BCUT2D eigenvalue weighted by Crippen LogP contribution is -2.27. The van der Waals surface area contributed by atoms with E-state index in [0.29, 0.717) is 18.8 Å². The second-order valence-corrected chi connectivity index (χ2v) is 4.13. The van der Waals surface area contributed by atoms with Crippen molar-refractivity contribution < 1.29 is 9.53 Å². The molecule has 0 aliphatic rings. The molecule has 0 saturated carbocycles. The number of carbonyl (C=O) groups excluding carboxylic acids is 1. The molecule has 2 aromatic heterocycles. The van der Waals surface area contributed by atoms with Gasteiger partial charge >= 0.3 is 0 Å². The SMILES string of the molecule is COCCn1nc(C(=O)Nc2cnn(C)c2)ccc1=O. The maximum atomic E-state index is 12.0. The molecule has 0 aliphatic carbocycles. The zero-order valence-electron chi connectivity index (χ0n) is 11.2. The Labute approximate surface area is 115 Å². The predicted octanol–water partition coefficient (Wildman–Crippen LogP) is -0.125. The zero-order chi connectivity index (χ0) is 14.5. The number of amides is 1. The Morgan fingerprint density at radius 2 is 2.25 bits per heavy atom. The second kappa shape index (κ2) is 6.11. The topological polar surface area (TPSA) is 91.0 Å². The third-order valence-electron chi connectivity index (χ3n) is 2.57. The van der Waals surface area contributed by atoms with Crippen LogP contribution in [0.4, 0.5) is 5.69 Å². The van der Waals surface area contributed by atoms with Crippen LogP contribution in [-0.4, -0.2) is 39.2 Å². The standard InChI is InChI=1S/C12H15N5O3/c1-16-8-9(7-13-16)14-12(19)10-3-4-11(18)17(15-10)5-6-20-2/h3-4,7-8H,5-6H2,1-2H3,(H,14,19). The maximum absolute atomic E-state index is 12.0. The normalized spacial score (nSPS) is 10.5. The van der Waals surface area contributed by atoms with Crippen LogP contribution in [0, 0.1) is 0 Å². The number of ether oxygens (including phenoxy) is 1. The highest BCUT2D eigenvalue weighted by Crippen LogP contribution is 2.05. The molecular weight excluding hydrogens is 262 g/mol. The van der Waals surface area contributed by atoms with Gasteiger partial charge < -0.3 is 10.1 Å². The van der Waals surface area contributed by atoms with Gasteiger partial charge in [0.15, 0.2) is 0 Å². The summed E-state index contributed by atoms with van der Waals surface area (Å²) in [5.74, 6) is -0.399. The van der Waals surface area contributed by atoms with E-state index in [0.717, 1.165) is 0 Å². The first kappa shape index (κ1) is 13.9. The number of methoxy groups -OCH3 is 1. The Morgan fingerprint density at radius 1 is 1.45 bits per heavy atom. The van der Waals surface area contributed by atoms with Crippen molar-refractivity contribution in [2.45, 2.75) is 6.54 Å². The Balaban J connectivity index is 2.15. The number of aromatic nitrogens is 4. The molecule has 0 bridgehead atoms. The van der Waals surface area contributed by atoms with Gasteiger partial charge in [-0.1, -0.05) is 0 Å². The average Bonchev–Trinajstić information content (AvgIpc) is 2.83. The van der Waals surface area contributed by atoms with Crippen molar-refractivity contribution >= 4 is 11.6 Å². The molecule has 1 N–H and O–H groups in total. The molecule has 8 nitrogen and oxygen atoms in total. The summed E-state index contributed by atoms with van der Waals surface area (Å²) in [7, 11) is 3.28. The van der Waals surface area contributed by atoms with Gasteiger partial charge in [-0.2, -0.15) is 10.2 Å². The Morgan fingerprint density at radius 3 is 2.90 bits per heavy atom. The third kappa shape index (κ3) is 3.29. The highest BCUT2D eigenvalue weighted by Gasteiger charge is 2.10. The summed E-state index contributed by atoms with van der Waals surface area (Å²) in [6.45, 7) is 0.643. The quantitative estimate of drug-likeness (QED) is 0.822. The Bertz CT molecular complexity index is 661. The molecule has 1 amide bonds. The van der Waals surface area contributed by atoms with E-state index >= 15 is 0 Å². The zero-order valence-corrected chi connectivity index (χ0v) is 11.2. The molecule has 2 heterocycles. The lowest BCUT2D eigenvalue weighted by molar-refractivity contribution is 0.101. The van der Waals surface area contributed by atoms with Crippen LogP contribution in [0.5, 0.6) is 0 Å². The van der Waals surface area contributed by atoms with Crippen LogP contribution < -0.4 is 10.9 Å². The van der Waals surface area contributed by atoms with E-state index in [1.54, 1.807) is 17.9 Å². The molecule has 20 heavy (non-hydrogen) atoms. The van der Waals surface area contributed by atoms with Gasteiger partial charge in [0.2, 0.25) is 0 Å². The van der Waals surface area contributed by atoms with E-state index in [1.807, 2.05) is 0 Å². The number of rotatable bonds is 5. The van der Waals surface area contributed by atoms with E-state index < -0.39 is 5.91 Å². The van der Waals surface area contributed by atoms with Gasteiger partial charge in [-0.15, -0.1) is 0 Å². The number of anilines is 1. The summed E-state index contributed by atoms with van der Waals surface area (Å²) < 4.78 is 7.66. The van der Waals surface area contributed by atoms with Gasteiger partial charge in [-0.25, -0.2) is 4.68 Å². The number of hydrogen-bond donors (Lipinski definition) is 1. The van der Waals surface area contributed by atoms with E-state index in [9.17, 15) is 9.59 Å². The van der Waals surface area contributed by atoms with E-state index in [1.165, 1.54) is 30.1 Å². The van der Waals surface area contributed by atoms with Crippen molar-refractivity contribution in [3.05, 3.63) is 40.6 Å². The summed E-state index contributed by atoms with van der Waals surface area (Å²) in [5.41, 5.74) is 0.443. The fourth-order valence-corrected chi connectivity index (χ4v) is 1.59.